The molecule has 5 heteroatoms. The number of hydrogen-bond acceptors (Lipinski definition) is 3. The van der Waals surface area contributed by atoms with Crippen LogP contribution < -0.4 is 15.4 Å². The maximum Gasteiger partial charge on any atom is 0.226 e. The number of anilines is 1. The molecule has 0 spiro atoms. The number of carbonyl (C=O) groups is 1. The first-order valence-corrected chi connectivity index (χ1v) is 7.52. The Kier molecular flexibility index (Phi) is 5.91. The molecule has 0 unspecified atom stereocenters. The molecule has 0 saturated heterocycles. The molecule has 0 aliphatic carbocycles. The van der Waals surface area contributed by atoms with Crippen LogP contribution in [0.15, 0.2) is 54.6 Å². The summed E-state index contributed by atoms with van der Waals surface area (Å²) in [6.07, 6.45) is 1.26. The predicted molar refractivity (Wildman–Crippen MR) is 92.2 cm³/mol. The van der Waals surface area contributed by atoms with Crippen molar-refractivity contribution in [3.8, 4) is 11.5 Å². The third kappa shape index (κ3) is 5.18. The Bertz CT molecular complexity index is 627. The number of nitrogens with one attached hydrogen (secondary N) is 2. The van der Waals surface area contributed by atoms with Crippen molar-refractivity contribution in [1.29, 1.82) is 0 Å². The lowest BCUT2D eigenvalue weighted by Crippen LogP contribution is -2.33. The van der Waals surface area contributed by atoms with Crippen LogP contribution in [-0.4, -0.2) is 11.0 Å². The zero-order valence-electron chi connectivity index (χ0n) is 12.3. The molecule has 0 aliphatic heterocycles. The number of benzene rings is 2. The Balaban J connectivity index is 1.89. The quantitative estimate of drug-likeness (QED) is 0.816. The van der Waals surface area contributed by atoms with E-state index in [1.807, 2.05) is 61.5 Å². The first-order valence-electron chi connectivity index (χ1n) is 7.11. The van der Waals surface area contributed by atoms with E-state index in [0.29, 0.717) is 11.5 Å². The molecule has 2 N–H and O–H groups in total. The third-order valence-electron chi connectivity index (χ3n) is 2.82. The summed E-state index contributed by atoms with van der Waals surface area (Å²) >= 11 is 5.09. The van der Waals surface area contributed by atoms with E-state index in [0.717, 1.165) is 23.6 Å². The zero-order chi connectivity index (χ0) is 15.8. The molecule has 1 amide bonds. The van der Waals surface area contributed by atoms with Crippen molar-refractivity contribution in [2.24, 2.45) is 0 Å². The van der Waals surface area contributed by atoms with Gasteiger partial charge in [0.2, 0.25) is 5.91 Å². The highest BCUT2D eigenvalue weighted by atomic mass is 32.1. The van der Waals surface area contributed by atoms with Crippen LogP contribution in [0.25, 0.3) is 0 Å². The molecule has 0 bridgehead atoms. The summed E-state index contributed by atoms with van der Waals surface area (Å²) in [6, 6.07) is 16.9. The second kappa shape index (κ2) is 8.14. The molecule has 2 aromatic rings. The topological polar surface area (TPSA) is 50.4 Å². The standard InChI is InChI=1S/C17H18N2O2S/c1-2-6-16(20)19-17(22)18-13-9-11-15(12-10-13)21-14-7-4-3-5-8-14/h3-5,7-12H,2,6H2,1H3,(H2,18,19,20,22). The fourth-order valence-corrected chi connectivity index (χ4v) is 2.04. The second-order valence-corrected chi connectivity index (χ2v) is 5.10. The lowest BCUT2D eigenvalue weighted by atomic mass is 10.3. The second-order valence-electron chi connectivity index (χ2n) is 4.69. The van der Waals surface area contributed by atoms with E-state index in [4.69, 9.17) is 17.0 Å². The number of hydrogen-bond donors (Lipinski definition) is 2. The average molecular weight is 314 g/mol. The van der Waals surface area contributed by atoms with Crippen LogP contribution in [-0.2, 0) is 4.79 Å². The maximum atomic E-state index is 11.4. The molecule has 114 valence electrons. The Labute approximate surface area is 135 Å². The summed E-state index contributed by atoms with van der Waals surface area (Å²) in [6.45, 7) is 1.95. The highest BCUT2D eigenvalue weighted by Gasteiger charge is 2.04. The largest absolute Gasteiger partial charge is 0.457 e. The Morgan fingerprint density at radius 2 is 1.68 bits per heavy atom. The van der Waals surface area contributed by atoms with E-state index < -0.39 is 0 Å². The SMILES string of the molecule is CCCC(=O)NC(=S)Nc1ccc(Oc2ccccc2)cc1. The summed E-state index contributed by atoms with van der Waals surface area (Å²) in [7, 11) is 0. The summed E-state index contributed by atoms with van der Waals surface area (Å²) in [5.41, 5.74) is 0.794. The van der Waals surface area contributed by atoms with Crippen LogP contribution in [0.3, 0.4) is 0 Å². The van der Waals surface area contributed by atoms with Crippen LogP contribution in [0, 0.1) is 0 Å². The molecular formula is C17H18N2O2S. The van der Waals surface area contributed by atoms with Gasteiger partial charge in [0.25, 0.3) is 0 Å². The first-order chi connectivity index (χ1) is 10.7. The third-order valence-corrected chi connectivity index (χ3v) is 3.03. The smallest absolute Gasteiger partial charge is 0.226 e. The Morgan fingerprint density at radius 3 is 2.32 bits per heavy atom. The van der Waals surface area contributed by atoms with E-state index in [-0.39, 0.29) is 5.91 Å². The number of rotatable bonds is 5. The van der Waals surface area contributed by atoms with Gasteiger partial charge in [0.1, 0.15) is 11.5 Å². The predicted octanol–water partition coefficient (Wildman–Crippen LogP) is 4.09. The van der Waals surface area contributed by atoms with Crippen LogP contribution in [0.4, 0.5) is 5.69 Å². The number of thiocarbonyl (C=S) groups is 1. The van der Waals surface area contributed by atoms with Gasteiger partial charge in [-0.05, 0) is 55.0 Å². The van der Waals surface area contributed by atoms with Gasteiger partial charge >= 0.3 is 0 Å². The summed E-state index contributed by atoms with van der Waals surface area (Å²) in [4.78, 5) is 11.4. The highest BCUT2D eigenvalue weighted by Crippen LogP contribution is 2.22. The normalized spacial score (nSPS) is 9.86. The molecule has 4 nitrogen and oxygen atoms in total. The van der Waals surface area contributed by atoms with E-state index in [9.17, 15) is 4.79 Å². The molecule has 2 aromatic carbocycles. The van der Waals surface area contributed by atoms with Crippen molar-refractivity contribution >= 4 is 28.9 Å². The lowest BCUT2D eigenvalue weighted by Gasteiger charge is -2.10. The summed E-state index contributed by atoms with van der Waals surface area (Å²) in [5.74, 6) is 1.44. The molecule has 0 aromatic heterocycles. The van der Waals surface area contributed by atoms with Crippen molar-refractivity contribution in [1.82, 2.24) is 5.32 Å². The number of carbonyl (C=O) groups excluding carboxylic acids is 1. The van der Waals surface area contributed by atoms with E-state index in [1.165, 1.54) is 0 Å². The van der Waals surface area contributed by atoms with Gasteiger partial charge in [-0.2, -0.15) is 0 Å². The van der Waals surface area contributed by atoms with Gasteiger partial charge in [-0.25, -0.2) is 0 Å². The van der Waals surface area contributed by atoms with Crippen molar-refractivity contribution in [2.75, 3.05) is 5.32 Å². The number of para-hydroxylation sites is 1. The van der Waals surface area contributed by atoms with Gasteiger partial charge in [0.15, 0.2) is 5.11 Å². The highest BCUT2D eigenvalue weighted by molar-refractivity contribution is 7.80. The number of amides is 1. The molecule has 0 saturated carbocycles. The first kappa shape index (κ1) is 16.0. The van der Waals surface area contributed by atoms with Gasteiger partial charge < -0.3 is 15.4 Å². The van der Waals surface area contributed by atoms with Gasteiger partial charge in [-0.15, -0.1) is 0 Å². The molecule has 0 radical (unpaired) electrons. The van der Waals surface area contributed by atoms with E-state index in [2.05, 4.69) is 10.6 Å². The molecule has 0 fully saturated rings. The fourth-order valence-electron chi connectivity index (χ4n) is 1.81. The molecule has 2 rings (SSSR count). The zero-order valence-corrected chi connectivity index (χ0v) is 13.2. The minimum absolute atomic E-state index is 0.0796. The summed E-state index contributed by atoms with van der Waals surface area (Å²) in [5, 5.41) is 5.90. The monoisotopic (exact) mass is 314 g/mol. The Morgan fingerprint density at radius 1 is 1.05 bits per heavy atom. The molecular weight excluding hydrogens is 296 g/mol. The maximum absolute atomic E-state index is 11.4. The van der Waals surface area contributed by atoms with Gasteiger partial charge in [-0.3, -0.25) is 4.79 Å². The molecule has 0 atom stereocenters. The van der Waals surface area contributed by atoms with Gasteiger partial charge in [0.05, 0.1) is 0 Å². The van der Waals surface area contributed by atoms with E-state index in [1.54, 1.807) is 0 Å². The van der Waals surface area contributed by atoms with Crippen LogP contribution in [0.5, 0.6) is 11.5 Å². The molecule has 22 heavy (non-hydrogen) atoms. The minimum Gasteiger partial charge on any atom is -0.457 e. The van der Waals surface area contributed by atoms with Crippen LogP contribution in [0.2, 0.25) is 0 Å². The van der Waals surface area contributed by atoms with Crippen molar-refractivity contribution < 1.29 is 9.53 Å². The molecule has 0 heterocycles. The van der Waals surface area contributed by atoms with Crippen molar-refractivity contribution in [3.05, 3.63) is 54.6 Å². The minimum atomic E-state index is -0.0796. The van der Waals surface area contributed by atoms with Crippen LogP contribution in [0.1, 0.15) is 19.8 Å². The van der Waals surface area contributed by atoms with E-state index >= 15 is 0 Å². The molecule has 0 aliphatic rings. The van der Waals surface area contributed by atoms with Crippen molar-refractivity contribution in [3.63, 3.8) is 0 Å². The lowest BCUT2D eigenvalue weighted by molar-refractivity contribution is -0.119. The average Bonchev–Trinajstić information content (AvgIpc) is 2.50. The number of ether oxygens (including phenoxy) is 1. The summed E-state index contributed by atoms with van der Waals surface area (Å²) < 4.78 is 5.70. The van der Waals surface area contributed by atoms with Crippen molar-refractivity contribution in [2.45, 2.75) is 19.8 Å². The fraction of sp³-hybridized carbons (Fsp3) is 0.176. The van der Waals surface area contributed by atoms with Crippen LogP contribution >= 0.6 is 12.2 Å². The van der Waals surface area contributed by atoms with Gasteiger partial charge in [-0.1, -0.05) is 25.1 Å². The Hall–Kier alpha value is -2.40. The van der Waals surface area contributed by atoms with Gasteiger partial charge in [0, 0.05) is 12.1 Å².